The molecule has 0 aromatic heterocycles. The average molecular weight is 260 g/mol. The van der Waals surface area contributed by atoms with Crippen LogP contribution in [-0.4, -0.2) is 22.0 Å². The fraction of sp³-hybridized carbons (Fsp3) is 0. The number of aliphatic imine (C=N–C) groups is 1. The van der Waals surface area contributed by atoms with Crippen LogP contribution >= 0.6 is 0 Å². The number of rotatable bonds is 2. The van der Waals surface area contributed by atoms with Crippen LogP contribution in [0.5, 0.6) is 17.2 Å². The van der Waals surface area contributed by atoms with Crippen molar-refractivity contribution in [3.05, 3.63) is 47.4 Å². The normalized spacial score (nSPS) is 9.05. The van der Waals surface area contributed by atoms with E-state index in [0.717, 1.165) is 0 Å². The monoisotopic (exact) mass is 260 g/mol. The molecule has 2 aromatic carbocycles. The Bertz CT molecular complexity index is 567. The van der Waals surface area contributed by atoms with Crippen molar-refractivity contribution in [1.29, 1.82) is 0 Å². The van der Waals surface area contributed by atoms with Crippen LogP contribution in [0.15, 0.2) is 52.6 Å². The van der Waals surface area contributed by atoms with E-state index in [9.17, 15) is 4.91 Å². The van der Waals surface area contributed by atoms with Crippen LogP contribution in [0, 0.1) is 4.91 Å². The molecular weight excluding hydrogens is 248 g/mol. The SMILES string of the molecule is C=Nc1ccc(N=O)c(O)c1.Oc1cccc(O)c1. The summed E-state index contributed by atoms with van der Waals surface area (Å²) < 4.78 is 0. The standard InChI is InChI=1S/C7H6N2O2.C6H6O2/c1-8-5-2-3-6(9-11)7(10)4-5;7-5-2-1-3-6(8)4-5/h2-4,10H,1H2;1-4,7-8H. The Kier molecular flexibility index (Phi) is 5.04. The molecule has 0 spiro atoms. The fourth-order valence-electron chi connectivity index (χ4n) is 1.18. The summed E-state index contributed by atoms with van der Waals surface area (Å²) in [7, 11) is 0. The lowest BCUT2D eigenvalue weighted by Crippen LogP contribution is -1.66. The molecule has 0 aliphatic carbocycles. The van der Waals surface area contributed by atoms with E-state index in [1.54, 1.807) is 12.1 Å². The van der Waals surface area contributed by atoms with Crippen molar-refractivity contribution in [1.82, 2.24) is 0 Å². The second-order valence-electron chi connectivity index (χ2n) is 3.44. The van der Waals surface area contributed by atoms with Gasteiger partial charge in [0.25, 0.3) is 0 Å². The quantitative estimate of drug-likeness (QED) is 0.569. The molecular formula is C13H12N2O4. The topological polar surface area (TPSA) is 102 Å². The summed E-state index contributed by atoms with van der Waals surface area (Å²) in [6, 6.07) is 10.1. The van der Waals surface area contributed by atoms with Gasteiger partial charge in [-0.15, -0.1) is 4.91 Å². The van der Waals surface area contributed by atoms with Crippen molar-refractivity contribution in [2.45, 2.75) is 0 Å². The molecule has 0 aliphatic rings. The molecule has 0 saturated heterocycles. The van der Waals surface area contributed by atoms with Crippen LogP contribution in [0.25, 0.3) is 0 Å². The number of aromatic hydroxyl groups is 3. The Hall–Kier alpha value is -2.89. The van der Waals surface area contributed by atoms with Crippen molar-refractivity contribution >= 4 is 18.1 Å². The number of phenols is 3. The van der Waals surface area contributed by atoms with Gasteiger partial charge in [-0.1, -0.05) is 6.07 Å². The van der Waals surface area contributed by atoms with Gasteiger partial charge in [-0.3, -0.25) is 4.99 Å². The highest BCUT2D eigenvalue weighted by atomic mass is 16.3. The van der Waals surface area contributed by atoms with E-state index < -0.39 is 0 Å². The summed E-state index contributed by atoms with van der Waals surface area (Å²) in [4.78, 5) is 13.5. The average Bonchev–Trinajstić information content (AvgIpc) is 2.39. The predicted molar refractivity (Wildman–Crippen MR) is 72.5 cm³/mol. The van der Waals surface area contributed by atoms with E-state index in [2.05, 4.69) is 16.9 Å². The van der Waals surface area contributed by atoms with Crippen molar-refractivity contribution in [3.8, 4) is 17.2 Å². The van der Waals surface area contributed by atoms with E-state index in [1.807, 2.05) is 0 Å². The predicted octanol–water partition coefficient (Wildman–Crippen LogP) is 3.22. The molecule has 0 atom stereocenters. The summed E-state index contributed by atoms with van der Waals surface area (Å²) in [6.07, 6.45) is 0. The zero-order chi connectivity index (χ0) is 14.3. The first-order valence-electron chi connectivity index (χ1n) is 5.18. The molecule has 0 fully saturated rings. The van der Waals surface area contributed by atoms with E-state index in [-0.39, 0.29) is 22.9 Å². The van der Waals surface area contributed by atoms with E-state index in [1.165, 1.54) is 30.3 Å². The van der Waals surface area contributed by atoms with Crippen LogP contribution in [0.3, 0.4) is 0 Å². The molecule has 2 rings (SSSR count). The highest BCUT2D eigenvalue weighted by Gasteiger charge is 2.00. The lowest BCUT2D eigenvalue weighted by molar-refractivity contribution is 0.450. The maximum Gasteiger partial charge on any atom is 0.149 e. The Morgan fingerprint density at radius 3 is 1.95 bits per heavy atom. The molecule has 0 amide bonds. The largest absolute Gasteiger partial charge is 0.508 e. The molecule has 3 N–H and O–H groups in total. The van der Waals surface area contributed by atoms with Gasteiger partial charge in [0.05, 0.1) is 5.69 Å². The van der Waals surface area contributed by atoms with Crippen molar-refractivity contribution < 1.29 is 15.3 Å². The highest BCUT2D eigenvalue weighted by molar-refractivity contribution is 5.59. The van der Waals surface area contributed by atoms with Gasteiger partial charge in [0, 0.05) is 12.1 Å². The second kappa shape index (κ2) is 6.75. The third-order valence-electron chi connectivity index (χ3n) is 2.07. The molecule has 2 aromatic rings. The van der Waals surface area contributed by atoms with Crippen LogP contribution in [-0.2, 0) is 0 Å². The highest BCUT2D eigenvalue weighted by Crippen LogP contribution is 2.29. The molecule has 98 valence electrons. The Morgan fingerprint density at radius 1 is 0.947 bits per heavy atom. The molecule has 0 unspecified atom stereocenters. The minimum absolute atomic E-state index is 0.0115. The van der Waals surface area contributed by atoms with E-state index in [4.69, 9.17) is 15.3 Å². The number of hydrogen-bond donors (Lipinski definition) is 3. The third kappa shape index (κ3) is 4.47. The van der Waals surface area contributed by atoms with Crippen molar-refractivity contribution in [3.63, 3.8) is 0 Å². The first-order valence-corrected chi connectivity index (χ1v) is 5.18. The lowest BCUT2D eigenvalue weighted by Gasteiger charge is -1.95. The number of nitroso groups, excluding NO2 is 1. The maximum atomic E-state index is 9.97. The summed E-state index contributed by atoms with van der Waals surface area (Å²) in [5, 5.41) is 28.9. The van der Waals surface area contributed by atoms with Gasteiger partial charge < -0.3 is 15.3 Å². The van der Waals surface area contributed by atoms with Gasteiger partial charge >= 0.3 is 0 Å². The first kappa shape index (κ1) is 14.2. The molecule has 0 aliphatic heterocycles. The maximum absolute atomic E-state index is 9.97. The van der Waals surface area contributed by atoms with Gasteiger partial charge in [-0.05, 0) is 36.2 Å². The number of phenolic OH excluding ortho intramolecular Hbond substituents is 3. The van der Waals surface area contributed by atoms with Gasteiger partial charge in [-0.25, -0.2) is 0 Å². The van der Waals surface area contributed by atoms with Crippen LogP contribution in [0.1, 0.15) is 0 Å². The van der Waals surface area contributed by atoms with Crippen LogP contribution in [0.4, 0.5) is 11.4 Å². The Balaban J connectivity index is 0.000000200. The summed E-state index contributed by atoms with van der Waals surface area (Å²) in [6.45, 7) is 3.26. The van der Waals surface area contributed by atoms with Gasteiger partial charge in [-0.2, -0.15) is 0 Å². The van der Waals surface area contributed by atoms with Crippen molar-refractivity contribution in [2.24, 2.45) is 10.2 Å². The molecule has 6 nitrogen and oxygen atoms in total. The van der Waals surface area contributed by atoms with E-state index in [0.29, 0.717) is 5.69 Å². The smallest absolute Gasteiger partial charge is 0.149 e. The summed E-state index contributed by atoms with van der Waals surface area (Å²) in [5.41, 5.74) is 0.521. The molecule has 0 saturated carbocycles. The fourth-order valence-corrected chi connectivity index (χ4v) is 1.18. The zero-order valence-electron chi connectivity index (χ0n) is 9.89. The summed E-state index contributed by atoms with van der Waals surface area (Å²) in [5.74, 6) is -0.0000926. The van der Waals surface area contributed by atoms with Crippen LogP contribution < -0.4 is 0 Å². The zero-order valence-corrected chi connectivity index (χ0v) is 9.89. The number of hydrogen-bond acceptors (Lipinski definition) is 6. The Labute approximate surface area is 109 Å². The molecule has 6 heteroatoms. The van der Waals surface area contributed by atoms with E-state index >= 15 is 0 Å². The first-order chi connectivity index (χ1) is 9.06. The minimum atomic E-state index is -0.176. The van der Waals surface area contributed by atoms with Gasteiger partial charge in [0.15, 0.2) is 0 Å². The van der Waals surface area contributed by atoms with Gasteiger partial charge in [0.2, 0.25) is 0 Å². The molecule has 0 heterocycles. The molecule has 0 radical (unpaired) electrons. The second-order valence-corrected chi connectivity index (χ2v) is 3.44. The number of benzene rings is 2. The van der Waals surface area contributed by atoms with Gasteiger partial charge in [0.1, 0.15) is 22.9 Å². The Morgan fingerprint density at radius 2 is 1.58 bits per heavy atom. The molecule has 19 heavy (non-hydrogen) atoms. The molecule has 0 bridgehead atoms. The summed E-state index contributed by atoms with van der Waals surface area (Å²) >= 11 is 0. The minimum Gasteiger partial charge on any atom is -0.508 e. The van der Waals surface area contributed by atoms with Crippen LogP contribution in [0.2, 0.25) is 0 Å². The van der Waals surface area contributed by atoms with Crippen molar-refractivity contribution in [2.75, 3.05) is 0 Å². The third-order valence-corrected chi connectivity index (χ3v) is 2.07. The number of nitrogens with zero attached hydrogens (tertiary/aromatic N) is 2. The lowest BCUT2D eigenvalue weighted by atomic mass is 10.2.